The van der Waals surface area contributed by atoms with Gasteiger partial charge in [0.15, 0.2) is 0 Å². The van der Waals surface area contributed by atoms with E-state index in [0.29, 0.717) is 6.04 Å². The Morgan fingerprint density at radius 2 is 1.83 bits per heavy atom. The predicted octanol–water partition coefficient (Wildman–Crippen LogP) is 0.436. The molecule has 2 N–H and O–H groups in total. The Kier molecular flexibility index (Phi) is 5.42. The Morgan fingerprint density at radius 3 is 2.44 bits per heavy atom. The largest absolute Gasteiger partial charge is 0.329 e. The molecule has 1 atom stereocenters. The highest BCUT2D eigenvalue weighted by molar-refractivity contribution is 4.89. The van der Waals surface area contributed by atoms with Gasteiger partial charge in [0.25, 0.3) is 0 Å². The monoisotopic (exact) mass is 254 g/mol. The van der Waals surface area contributed by atoms with Crippen molar-refractivity contribution in [3.8, 4) is 0 Å². The van der Waals surface area contributed by atoms with E-state index in [1.165, 1.54) is 52.0 Å². The molecule has 106 valence electrons. The Hall–Kier alpha value is -0.160. The first kappa shape index (κ1) is 14.3. The highest BCUT2D eigenvalue weighted by Gasteiger charge is 2.31. The average Bonchev–Trinajstić information content (AvgIpc) is 2.40. The van der Waals surface area contributed by atoms with E-state index in [-0.39, 0.29) is 0 Å². The first-order valence-electron chi connectivity index (χ1n) is 7.61. The smallest absolute Gasteiger partial charge is 0.0349 e. The lowest BCUT2D eigenvalue weighted by Crippen LogP contribution is -2.59. The van der Waals surface area contributed by atoms with Gasteiger partial charge in [-0.15, -0.1) is 0 Å². The molecule has 0 saturated carbocycles. The van der Waals surface area contributed by atoms with E-state index < -0.39 is 0 Å². The van der Waals surface area contributed by atoms with Crippen molar-refractivity contribution in [1.82, 2.24) is 14.7 Å². The van der Waals surface area contributed by atoms with Gasteiger partial charge in [0, 0.05) is 38.3 Å². The minimum absolute atomic E-state index is 0.575. The molecule has 2 saturated heterocycles. The quantitative estimate of drug-likeness (QED) is 0.789. The molecular weight excluding hydrogens is 224 g/mol. The molecule has 4 nitrogen and oxygen atoms in total. The van der Waals surface area contributed by atoms with Gasteiger partial charge < -0.3 is 15.5 Å². The average molecular weight is 254 g/mol. The lowest BCUT2D eigenvalue weighted by atomic mass is 9.99. The molecule has 2 heterocycles. The van der Waals surface area contributed by atoms with E-state index in [1.54, 1.807) is 0 Å². The predicted molar refractivity (Wildman–Crippen MR) is 76.8 cm³/mol. The molecule has 2 fully saturated rings. The topological polar surface area (TPSA) is 35.7 Å². The number of nitrogens with zero attached hydrogens (tertiary/aromatic N) is 3. The molecule has 0 aromatic carbocycles. The third kappa shape index (κ3) is 3.44. The van der Waals surface area contributed by atoms with Crippen molar-refractivity contribution in [3.05, 3.63) is 0 Å². The second kappa shape index (κ2) is 6.85. The van der Waals surface area contributed by atoms with Crippen LogP contribution in [0.4, 0.5) is 0 Å². The molecule has 2 aliphatic heterocycles. The van der Waals surface area contributed by atoms with Crippen molar-refractivity contribution in [1.29, 1.82) is 0 Å². The van der Waals surface area contributed by atoms with Crippen LogP contribution in [0.5, 0.6) is 0 Å². The van der Waals surface area contributed by atoms with Gasteiger partial charge in [-0.2, -0.15) is 0 Å². The minimum Gasteiger partial charge on any atom is -0.329 e. The molecule has 1 unspecified atom stereocenters. The second-order valence-corrected chi connectivity index (χ2v) is 5.96. The fourth-order valence-electron chi connectivity index (χ4n) is 3.51. The molecule has 4 heteroatoms. The summed E-state index contributed by atoms with van der Waals surface area (Å²) in [6, 6.07) is 1.35. The maximum atomic E-state index is 5.96. The maximum absolute atomic E-state index is 5.96. The zero-order valence-corrected chi connectivity index (χ0v) is 12.1. The number of nitrogens with two attached hydrogens (primary N) is 1. The summed E-state index contributed by atoms with van der Waals surface area (Å²) in [6.07, 6.45) is 3.95. The summed E-state index contributed by atoms with van der Waals surface area (Å²) < 4.78 is 0. The zero-order valence-electron chi connectivity index (χ0n) is 12.1. The molecule has 0 aromatic heterocycles. The van der Waals surface area contributed by atoms with Crippen molar-refractivity contribution in [3.63, 3.8) is 0 Å². The van der Waals surface area contributed by atoms with Crippen LogP contribution in [0.15, 0.2) is 0 Å². The number of hydrogen-bond donors (Lipinski definition) is 1. The summed E-state index contributed by atoms with van der Waals surface area (Å²) in [4.78, 5) is 7.73. The van der Waals surface area contributed by atoms with E-state index in [1.807, 2.05) is 0 Å². The van der Waals surface area contributed by atoms with Gasteiger partial charge in [0.05, 0.1) is 0 Å². The first-order valence-corrected chi connectivity index (χ1v) is 7.61. The number of likely N-dealkylation sites (N-methyl/N-ethyl adjacent to an activating group) is 1. The Labute approximate surface area is 112 Å². The summed E-state index contributed by atoms with van der Waals surface area (Å²) in [5.74, 6) is 0. The van der Waals surface area contributed by atoms with Gasteiger partial charge in [-0.1, -0.05) is 6.92 Å². The highest BCUT2D eigenvalue weighted by atomic mass is 15.3. The third-order valence-corrected chi connectivity index (χ3v) is 4.57. The summed E-state index contributed by atoms with van der Waals surface area (Å²) in [7, 11) is 2.21. The highest BCUT2D eigenvalue weighted by Crippen LogP contribution is 2.21. The lowest BCUT2D eigenvalue weighted by molar-refractivity contribution is 0.0266. The SMILES string of the molecule is CCCN1CCC(N2CCN(C)CC2CN)CC1. The molecular formula is C14H30N4. The molecule has 18 heavy (non-hydrogen) atoms. The summed E-state index contributed by atoms with van der Waals surface area (Å²) in [6.45, 7) is 10.5. The van der Waals surface area contributed by atoms with Gasteiger partial charge in [-0.05, 0) is 45.9 Å². The summed E-state index contributed by atoms with van der Waals surface area (Å²) in [5.41, 5.74) is 5.96. The molecule has 0 amide bonds. The lowest BCUT2D eigenvalue weighted by Gasteiger charge is -2.46. The van der Waals surface area contributed by atoms with Crippen LogP contribution < -0.4 is 5.73 Å². The summed E-state index contributed by atoms with van der Waals surface area (Å²) >= 11 is 0. The fourth-order valence-corrected chi connectivity index (χ4v) is 3.51. The number of likely N-dealkylation sites (tertiary alicyclic amines) is 1. The standard InChI is InChI=1S/C14H30N4/c1-3-6-17-7-4-13(5-8-17)18-10-9-16(2)12-14(18)11-15/h13-14H,3-12,15H2,1-2H3. The van der Waals surface area contributed by atoms with Crippen molar-refractivity contribution in [2.45, 2.75) is 38.3 Å². The van der Waals surface area contributed by atoms with Crippen LogP contribution in [-0.4, -0.2) is 79.6 Å². The van der Waals surface area contributed by atoms with E-state index in [4.69, 9.17) is 5.73 Å². The molecule has 0 spiro atoms. The van der Waals surface area contributed by atoms with Gasteiger partial charge in [0.1, 0.15) is 0 Å². The Balaban J connectivity index is 1.84. The van der Waals surface area contributed by atoms with Gasteiger partial charge in [-0.25, -0.2) is 0 Å². The fraction of sp³-hybridized carbons (Fsp3) is 1.00. The van der Waals surface area contributed by atoms with E-state index >= 15 is 0 Å². The Morgan fingerprint density at radius 1 is 1.11 bits per heavy atom. The zero-order chi connectivity index (χ0) is 13.0. The first-order chi connectivity index (χ1) is 8.74. The maximum Gasteiger partial charge on any atom is 0.0349 e. The number of rotatable bonds is 4. The molecule has 2 rings (SSSR count). The van der Waals surface area contributed by atoms with Crippen LogP contribution in [0.2, 0.25) is 0 Å². The third-order valence-electron chi connectivity index (χ3n) is 4.57. The van der Waals surface area contributed by atoms with Gasteiger partial charge >= 0.3 is 0 Å². The van der Waals surface area contributed by atoms with Gasteiger partial charge in [-0.3, -0.25) is 4.90 Å². The van der Waals surface area contributed by atoms with Crippen LogP contribution in [-0.2, 0) is 0 Å². The van der Waals surface area contributed by atoms with Crippen molar-refractivity contribution >= 4 is 0 Å². The number of hydrogen-bond acceptors (Lipinski definition) is 4. The van der Waals surface area contributed by atoms with Crippen molar-refractivity contribution in [2.75, 3.05) is 52.9 Å². The van der Waals surface area contributed by atoms with Crippen LogP contribution in [0.3, 0.4) is 0 Å². The molecule has 0 aromatic rings. The number of piperazine rings is 1. The molecule has 0 aliphatic carbocycles. The molecule has 0 bridgehead atoms. The van der Waals surface area contributed by atoms with Gasteiger partial charge in [0.2, 0.25) is 0 Å². The van der Waals surface area contributed by atoms with Crippen LogP contribution >= 0.6 is 0 Å². The molecule has 0 radical (unpaired) electrons. The minimum atomic E-state index is 0.575. The van der Waals surface area contributed by atoms with E-state index in [2.05, 4.69) is 28.7 Å². The van der Waals surface area contributed by atoms with Crippen LogP contribution in [0.1, 0.15) is 26.2 Å². The van der Waals surface area contributed by atoms with E-state index in [0.717, 1.165) is 19.1 Å². The van der Waals surface area contributed by atoms with Crippen molar-refractivity contribution in [2.24, 2.45) is 5.73 Å². The second-order valence-electron chi connectivity index (χ2n) is 5.96. The van der Waals surface area contributed by atoms with Crippen LogP contribution in [0.25, 0.3) is 0 Å². The number of piperidine rings is 1. The Bertz CT molecular complexity index is 238. The van der Waals surface area contributed by atoms with E-state index in [9.17, 15) is 0 Å². The normalized spacial score (nSPS) is 29.8. The van der Waals surface area contributed by atoms with Crippen LogP contribution in [0, 0.1) is 0 Å². The molecule has 2 aliphatic rings. The van der Waals surface area contributed by atoms with Crippen molar-refractivity contribution < 1.29 is 0 Å². The summed E-state index contributed by atoms with van der Waals surface area (Å²) in [5, 5.41) is 0.